The molecular formula is C26H31N7O3. The number of methoxy groups -OCH3 is 1. The highest BCUT2D eigenvalue weighted by molar-refractivity contribution is 5.88. The Morgan fingerprint density at radius 1 is 1.11 bits per heavy atom. The first-order valence-corrected chi connectivity index (χ1v) is 12.3. The minimum absolute atomic E-state index is 0.0543. The number of piperidine rings is 1. The molecule has 188 valence electrons. The van der Waals surface area contributed by atoms with Gasteiger partial charge in [-0.1, -0.05) is 19.1 Å². The summed E-state index contributed by atoms with van der Waals surface area (Å²) in [6, 6.07) is 8.65. The van der Waals surface area contributed by atoms with Crippen molar-refractivity contribution in [3.8, 4) is 11.8 Å². The van der Waals surface area contributed by atoms with Crippen LogP contribution in [-0.4, -0.2) is 62.3 Å². The van der Waals surface area contributed by atoms with E-state index in [1.54, 1.807) is 20.2 Å². The first-order valence-electron chi connectivity index (χ1n) is 12.3. The van der Waals surface area contributed by atoms with Gasteiger partial charge in [-0.25, -0.2) is 14.5 Å². The molecule has 0 amide bonds. The van der Waals surface area contributed by atoms with Gasteiger partial charge in [0.25, 0.3) is 5.95 Å². The molecule has 1 atom stereocenters. The van der Waals surface area contributed by atoms with Gasteiger partial charge in [0.05, 0.1) is 37.7 Å². The zero-order valence-electron chi connectivity index (χ0n) is 21.1. The van der Waals surface area contributed by atoms with Crippen LogP contribution in [0.4, 0.5) is 5.69 Å². The second-order valence-electron chi connectivity index (χ2n) is 9.19. The molecule has 0 bridgehead atoms. The van der Waals surface area contributed by atoms with Crippen LogP contribution in [0.25, 0.3) is 17.0 Å². The van der Waals surface area contributed by atoms with Crippen LogP contribution >= 0.6 is 0 Å². The van der Waals surface area contributed by atoms with Crippen molar-refractivity contribution in [2.24, 2.45) is 5.92 Å². The van der Waals surface area contributed by atoms with E-state index in [1.807, 2.05) is 4.68 Å². The molecule has 5 rings (SSSR count). The van der Waals surface area contributed by atoms with E-state index in [9.17, 15) is 4.79 Å². The Balaban J connectivity index is 1.42. The smallest absolute Gasteiger partial charge is 0.341 e. The fourth-order valence-electron chi connectivity index (χ4n) is 4.58. The third-order valence-electron chi connectivity index (χ3n) is 6.78. The van der Waals surface area contributed by atoms with E-state index in [0.29, 0.717) is 22.5 Å². The molecule has 4 heterocycles. The van der Waals surface area contributed by atoms with Gasteiger partial charge in [0.15, 0.2) is 0 Å². The summed E-state index contributed by atoms with van der Waals surface area (Å²) < 4.78 is 14.0. The Hall–Kier alpha value is -3.95. The molecule has 1 aromatic carbocycles. The Bertz CT molecular complexity index is 1350. The van der Waals surface area contributed by atoms with Gasteiger partial charge in [-0.15, -0.1) is 0 Å². The van der Waals surface area contributed by atoms with Crippen molar-refractivity contribution in [2.45, 2.75) is 39.7 Å². The van der Waals surface area contributed by atoms with E-state index in [2.05, 4.69) is 63.2 Å². The maximum atomic E-state index is 12.0. The number of carbonyl (C=O) groups is 1. The number of aromatic nitrogens is 6. The average Bonchev–Trinajstić information content (AvgIpc) is 3.56. The summed E-state index contributed by atoms with van der Waals surface area (Å²) in [4.78, 5) is 23.6. The van der Waals surface area contributed by atoms with E-state index in [1.165, 1.54) is 35.6 Å². The van der Waals surface area contributed by atoms with Crippen molar-refractivity contribution >= 4 is 22.7 Å². The first kappa shape index (κ1) is 23.8. The molecular weight excluding hydrogens is 458 g/mol. The predicted octanol–water partition coefficient (Wildman–Crippen LogP) is 4.04. The lowest BCUT2D eigenvalue weighted by Crippen LogP contribution is -2.32. The molecule has 10 nitrogen and oxygen atoms in total. The van der Waals surface area contributed by atoms with E-state index >= 15 is 0 Å². The van der Waals surface area contributed by atoms with Crippen LogP contribution in [0.2, 0.25) is 0 Å². The number of hydrogen-bond donors (Lipinski definition) is 0. The minimum Gasteiger partial charge on any atom is -0.479 e. The molecule has 4 aromatic rings. The molecule has 1 aliphatic heterocycles. The average molecular weight is 490 g/mol. The second kappa shape index (κ2) is 9.96. The lowest BCUT2D eigenvalue weighted by molar-refractivity contribution is 0.0526. The number of esters is 1. The zero-order valence-corrected chi connectivity index (χ0v) is 21.1. The fraction of sp³-hybridized carbons (Fsp3) is 0.423. The molecule has 36 heavy (non-hydrogen) atoms. The van der Waals surface area contributed by atoms with Crippen molar-refractivity contribution < 1.29 is 14.3 Å². The predicted molar refractivity (Wildman–Crippen MR) is 136 cm³/mol. The Kier molecular flexibility index (Phi) is 6.58. The molecule has 1 saturated heterocycles. The molecule has 0 N–H and O–H groups in total. The maximum absolute atomic E-state index is 12.0. The molecule has 0 aliphatic carbocycles. The first-order chi connectivity index (χ1) is 17.5. The minimum atomic E-state index is -0.445. The largest absolute Gasteiger partial charge is 0.479 e. The van der Waals surface area contributed by atoms with Crippen molar-refractivity contribution in [1.29, 1.82) is 0 Å². The van der Waals surface area contributed by atoms with Gasteiger partial charge >= 0.3 is 5.97 Å². The van der Waals surface area contributed by atoms with Crippen LogP contribution in [0.1, 0.15) is 55.6 Å². The third-order valence-corrected chi connectivity index (χ3v) is 6.78. The second-order valence-corrected chi connectivity index (χ2v) is 9.19. The van der Waals surface area contributed by atoms with Crippen molar-refractivity contribution in [3.05, 3.63) is 54.0 Å². The number of ether oxygens (including phenoxy) is 2. The quantitative estimate of drug-likeness (QED) is 0.359. The van der Waals surface area contributed by atoms with Gasteiger partial charge in [-0.05, 0) is 50.3 Å². The SMILES string of the molecule is CCOC(=O)c1cnn(-c2nc(OC)c3c(cnn3C(C)c3ccc(N4CCC(C)CC4)cc3)n2)c1. The summed E-state index contributed by atoms with van der Waals surface area (Å²) in [5.41, 5.74) is 4.03. The number of benzene rings is 1. The number of hydrogen-bond acceptors (Lipinski definition) is 8. The molecule has 3 aromatic heterocycles. The van der Waals surface area contributed by atoms with Crippen molar-refractivity contribution in [1.82, 2.24) is 29.5 Å². The highest BCUT2D eigenvalue weighted by atomic mass is 16.5. The highest BCUT2D eigenvalue weighted by Crippen LogP contribution is 2.30. The maximum Gasteiger partial charge on any atom is 0.341 e. The van der Waals surface area contributed by atoms with Gasteiger partial charge in [-0.3, -0.25) is 4.68 Å². The molecule has 0 saturated carbocycles. The van der Waals surface area contributed by atoms with Gasteiger partial charge in [-0.2, -0.15) is 15.2 Å². The van der Waals surface area contributed by atoms with Crippen LogP contribution in [0, 0.1) is 5.92 Å². The summed E-state index contributed by atoms with van der Waals surface area (Å²) >= 11 is 0. The standard InChI is InChI=1S/C26H31N7O3/c1-5-36-25(34)20-14-27-32(16-20)26-29-22-15-28-33(23(22)24(30-26)35-4)18(3)19-6-8-21(9-7-19)31-12-10-17(2)11-13-31/h6-9,14-18H,5,10-13H2,1-4H3. The molecule has 1 unspecified atom stereocenters. The summed E-state index contributed by atoms with van der Waals surface area (Å²) in [6.07, 6.45) is 7.14. The monoisotopic (exact) mass is 489 g/mol. The Morgan fingerprint density at radius 3 is 2.56 bits per heavy atom. The summed E-state index contributed by atoms with van der Waals surface area (Å²) in [6.45, 7) is 8.68. The van der Waals surface area contributed by atoms with Crippen LogP contribution in [0.3, 0.4) is 0 Å². The summed E-state index contributed by atoms with van der Waals surface area (Å²) in [7, 11) is 1.56. The van der Waals surface area contributed by atoms with Gasteiger partial charge in [0.1, 0.15) is 11.0 Å². The van der Waals surface area contributed by atoms with Crippen molar-refractivity contribution in [2.75, 3.05) is 31.7 Å². The van der Waals surface area contributed by atoms with Crippen molar-refractivity contribution in [3.63, 3.8) is 0 Å². The zero-order chi connectivity index (χ0) is 25.2. The number of rotatable bonds is 7. The molecule has 1 fully saturated rings. The van der Waals surface area contributed by atoms with E-state index in [4.69, 9.17) is 9.47 Å². The summed E-state index contributed by atoms with van der Waals surface area (Å²) in [5.74, 6) is 1.02. The number of fused-ring (bicyclic) bond motifs is 1. The normalized spacial score (nSPS) is 15.3. The number of carbonyl (C=O) groups excluding carboxylic acids is 1. The Morgan fingerprint density at radius 2 is 1.86 bits per heavy atom. The molecule has 0 radical (unpaired) electrons. The third kappa shape index (κ3) is 4.50. The van der Waals surface area contributed by atoms with Crippen LogP contribution in [-0.2, 0) is 4.74 Å². The van der Waals surface area contributed by atoms with Crippen LogP contribution < -0.4 is 9.64 Å². The van der Waals surface area contributed by atoms with E-state index in [0.717, 1.165) is 24.6 Å². The van der Waals surface area contributed by atoms with E-state index in [-0.39, 0.29) is 18.6 Å². The molecule has 0 spiro atoms. The lowest BCUT2D eigenvalue weighted by Gasteiger charge is -2.32. The molecule has 1 aliphatic rings. The van der Waals surface area contributed by atoms with Crippen LogP contribution in [0.5, 0.6) is 5.88 Å². The number of nitrogens with zero attached hydrogens (tertiary/aromatic N) is 7. The van der Waals surface area contributed by atoms with E-state index < -0.39 is 5.97 Å². The molecule has 10 heteroatoms. The number of anilines is 1. The van der Waals surface area contributed by atoms with Gasteiger partial charge < -0.3 is 14.4 Å². The highest BCUT2D eigenvalue weighted by Gasteiger charge is 2.21. The topological polar surface area (TPSA) is 100 Å². The van der Waals surface area contributed by atoms with Gasteiger partial charge in [0.2, 0.25) is 5.88 Å². The fourth-order valence-corrected chi connectivity index (χ4v) is 4.58. The van der Waals surface area contributed by atoms with Gasteiger partial charge in [0, 0.05) is 25.0 Å². The van der Waals surface area contributed by atoms with Crippen LogP contribution in [0.15, 0.2) is 42.9 Å². The lowest BCUT2D eigenvalue weighted by atomic mass is 9.98. The Labute approximate surface area is 209 Å². The summed E-state index contributed by atoms with van der Waals surface area (Å²) in [5, 5.41) is 8.83.